The van der Waals surface area contributed by atoms with Gasteiger partial charge in [0.2, 0.25) is 0 Å². The van der Waals surface area contributed by atoms with Crippen LogP contribution in [-0.4, -0.2) is 35.7 Å². The van der Waals surface area contributed by atoms with Crippen LogP contribution in [0.2, 0.25) is 0 Å². The summed E-state index contributed by atoms with van der Waals surface area (Å²) >= 11 is 0. The van der Waals surface area contributed by atoms with Gasteiger partial charge < -0.3 is 15.2 Å². The highest BCUT2D eigenvalue weighted by molar-refractivity contribution is 5.83. The minimum absolute atomic E-state index is 0.207. The number of esters is 1. The number of ether oxygens (including phenoxy) is 1. The molecule has 0 aromatic heterocycles. The third-order valence-corrected chi connectivity index (χ3v) is 5.51. The van der Waals surface area contributed by atoms with Crippen molar-refractivity contribution < 1.29 is 19.4 Å². The van der Waals surface area contributed by atoms with E-state index in [0.29, 0.717) is 30.7 Å². The topological polar surface area (TPSA) is 75.6 Å². The second kappa shape index (κ2) is 5.52. The van der Waals surface area contributed by atoms with Gasteiger partial charge in [-0.2, -0.15) is 0 Å². The minimum Gasteiger partial charge on any atom is -0.455 e. The number of carbonyl (C=O) groups is 2. The molecular weight excluding hydrogens is 282 g/mol. The van der Waals surface area contributed by atoms with Crippen LogP contribution in [0, 0.1) is 23.2 Å². The predicted octanol–water partition coefficient (Wildman–Crippen LogP) is 1.63. The van der Waals surface area contributed by atoms with Crippen LogP contribution < -0.4 is 5.32 Å². The first-order chi connectivity index (χ1) is 10.3. The van der Waals surface area contributed by atoms with Crippen LogP contribution in [0.3, 0.4) is 0 Å². The molecule has 4 aliphatic rings. The number of aliphatic hydroxyl groups is 1. The summed E-state index contributed by atoms with van der Waals surface area (Å²) in [5.41, 5.74) is -1.22. The summed E-state index contributed by atoms with van der Waals surface area (Å²) in [7, 11) is 0. The van der Waals surface area contributed by atoms with Crippen molar-refractivity contribution in [2.24, 2.45) is 23.2 Å². The number of rotatable bonds is 5. The van der Waals surface area contributed by atoms with Crippen LogP contribution in [0.1, 0.15) is 52.4 Å². The number of hydrogen-bond donors (Lipinski definition) is 2. The average molecular weight is 309 g/mol. The van der Waals surface area contributed by atoms with E-state index in [1.807, 2.05) is 13.8 Å². The lowest BCUT2D eigenvalue weighted by Crippen LogP contribution is -2.58. The van der Waals surface area contributed by atoms with E-state index < -0.39 is 11.0 Å². The van der Waals surface area contributed by atoms with Crippen LogP contribution in [-0.2, 0) is 14.3 Å². The Hall–Kier alpha value is -1.10. The largest absolute Gasteiger partial charge is 0.455 e. The fourth-order valence-corrected chi connectivity index (χ4v) is 5.11. The molecule has 0 unspecified atom stereocenters. The maximum atomic E-state index is 12.6. The van der Waals surface area contributed by atoms with Gasteiger partial charge in [0, 0.05) is 6.54 Å². The number of hydrogen-bond acceptors (Lipinski definition) is 4. The standard InChI is InChI=1S/C17H27NO4/c1-11(2)8-18-14(19)9-22-15(20)16-4-12-3-13(5-16)7-17(21,6-12)10-16/h11-13,21H,3-10H2,1-2H3,(H,18,19)/t12-,13-,16?,17?/m0/s1. The monoisotopic (exact) mass is 309 g/mol. The van der Waals surface area contributed by atoms with E-state index in [4.69, 9.17) is 4.74 Å². The first kappa shape index (κ1) is 15.8. The van der Waals surface area contributed by atoms with Gasteiger partial charge in [-0.15, -0.1) is 0 Å². The number of nitrogens with one attached hydrogen (secondary N) is 1. The molecule has 0 radical (unpaired) electrons. The number of amides is 1. The quantitative estimate of drug-likeness (QED) is 0.757. The third kappa shape index (κ3) is 3.00. The zero-order chi connectivity index (χ0) is 16.0. The van der Waals surface area contributed by atoms with Gasteiger partial charge in [-0.1, -0.05) is 13.8 Å². The lowest BCUT2D eigenvalue weighted by atomic mass is 9.48. The van der Waals surface area contributed by atoms with Crippen molar-refractivity contribution in [2.75, 3.05) is 13.2 Å². The van der Waals surface area contributed by atoms with E-state index in [1.54, 1.807) is 0 Å². The van der Waals surface area contributed by atoms with E-state index in [0.717, 1.165) is 32.1 Å². The van der Waals surface area contributed by atoms with Crippen LogP contribution in [0.15, 0.2) is 0 Å². The molecule has 22 heavy (non-hydrogen) atoms. The molecule has 0 aliphatic heterocycles. The van der Waals surface area contributed by atoms with Crippen molar-refractivity contribution in [3.8, 4) is 0 Å². The minimum atomic E-state index is -0.678. The average Bonchev–Trinajstić information content (AvgIpc) is 2.39. The highest BCUT2D eigenvalue weighted by Crippen LogP contribution is 2.61. The molecule has 4 rings (SSSR count). The van der Waals surface area contributed by atoms with E-state index >= 15 is 0 Å². The maximum absolute atomic E-state index is 12.6. The van der Waals surface area contributed by atoms with Crippen molar-refractivity contribution >= 4 is 11.9 Å². The molecule has 0 aromatic rings. The molecule has 124 valence electrons. The van der Waals surface area contributed by atoms with Gasteiger partial charge in [-0.25, -0.2) is 0 Å². The predicted molar refractivity (Wildman–Crippen MR) is 80.9 cm³/mol. The van der Waals surface area contributed by atoms with Crippen molar-refractivity contribution in [1.29, 1.82) is 0 Å². The SMILES string of the molecule is CC(C)CNC(=O)COC(=O)C12C[C@@H]3C[C@H](CC(O)(C3)C1)C2. The highest BCUT2D eigenvalue weighted by atomic mass is 16.5. The number of carbonyl (C=O) groups excluding carboxylic acids is 2. The summed E-state index contributed by atoms with van der Waals surface area (Å²) in [6.45, 7) is 4.41. The fraction of sp³-hybridized carbons (Fsp3) is 0.882. The van der Waals surface area contributed by atoms with E-state index in [-0.39, 0.29) is 18.5 Å². The third-order valence-electron chi connectivity index (χ3n) is 5.51. The molecule has 5 heteroatoms. The Balaban J connectivity index is 1.57. The van der Waals surface area contributed by atoms with Gasteiger partial charge in [0.05, 0.1) is 11.0 Å². The Labute approximate surface area is 131 Å². The van der Waals surface area contributed by atoms with Crippen LogP contribution in [0.5, 0.6) is 0 Å². The van der Waals surface area contributed by atoms with Crippen molar-refractivity contribution in [2.45, 2.75) is 58.0 Å². The molecule has 2 atom stereocenters. The van der Waals surface area contributed by atoms with E-state index in [1.165, 1.54) is 0 Å². The van der Waals surface area contributed by atoms with Crippen molar-refractivity contribution in [1.82, 2.24) is 5.32 Å². The molecule has 4 fully saturated rings. The summed E-state index contributed by atoms with van der Waals surface area (Å²) in [6, 6.07) is 0. The Morgan fingerprint density at radius 2 is 1.86 bits per heavy atom. The Kier molecular flexibility index (Phi) is 3.96. The summed E-state index contributed by atoms with van der Waals surface area (Å²) in [5.74, 6) is 0.726. The molecule has 0 spiro atoms. The fourth-order valence-electron chi connectivity index (χ4n) is 5.11. The van der Waals surface area contributed by atoms with Gasteiger partial charge in [-0.3, -0.25) is 9.59 Å². The van der Waals surface area contributed by atoms with Gasteiger partial charge in [0.25, 0.3) is 5.91 Å². The molecule has 0 heterocycles. The van der Waals surface area contributed by atoms with Crippen LogP contribution in [0.4, 0.5) is 0 Å². The Morgan fingerprint density at radius 3 is 2.41 bits per heavy atom. The summed E-state index contributed by atoms with van der Waals surface area (Å²) in [6.07, 6.45) is 4.93. The second-order valence-corrected chi connectivity index (χ2v) is 8.24. The van der Waals surface area contributed by atoms with E-state index in [2.05, 4.69) is 5.32 Å². The molecule has 5 nitrogen and oxygen atoms in total. The first-order valence-electron chi connectivity index (χ1n) is 8.47. The lowest BCUT2D eigenvalue weighted by Gasteiger charge is -2.58. The highest BCUT2D eigenvalue weighted by Gasteiger charge is 2.60. The molecule has 4 aliphatic carbocycles. The van der Waals surface area contributed by atoms with Gasteiger partial charge >= 0.3 is 5.97 Å². The normalized spacial score (nSPS) is 39.1. The Bertz CT molecular complexity index is 459. The molecule has 4 saturated carbocycles. The first-order valence-corrected chi connectivity index (χ1v) is 8.47. The van der Waals surface area contributed by atoms with Crippen LogP contribution in [0.25, 0.3) is 0 Å². The van der Waals surface area contributed by atoms with Gasteiger partial charge in [0.15, 0.2) is 6.61 Å². The van der Waals surface area contributed by atoms with Crippen molar-refractivity contribution in [3.63, 3.8) is 0 Å². The summed E-state index contributed by atoms with van der Waals surface area (Å²) < 4.78 is 5.30. The molecule has 2 N–H and O–H groups in total. The maximum Gasteiger partial charge on any atom is 0.312 e. The molecule has 4 bridgehead atoms. The lowest BCUT2D eigenvalue weighted by molar-refractivity contribution is -0.196. The van der Waals surface area contributed by atoms with Crippen LogP contribution >= 0.6 is 0 Å². The zero-order valence-electron chi connectivity index (χ0n) is 13.6. The smallest absolute Gasteiger partial charge is 0.312 e. The Morgan fingerprint density at radius 1 is 1.23 bits per heavy atom. The zero-order valence-corrected chi connectivity index (χ0v) is 13.6. The summed E-state index contributed by atoms with van der Waals surface area (Å²) in [4.78, 5) is 24.3. The van der Waals surface area contributed by atoms with Gasteiger partial charge in [-0.05, 0) is 56.3 Å². The van der Waals surface area contributed by atoms with Crippen molar-refractivity contribution in [3.05, 3.63) is 0 Å². The second-order valence-electron chi connectivity index (χ2n) is 8.24. The molecular formula is C17H27NO4. The van der Waals surface area contributed by atoms with E-state index in [9.17, 15) is 14.7 Å². The molecule has 1 amide bonds. The molecule has 0 saturated heterocycles. The molecule has 0 aromatic carbocycles. The summed E-state index contributed by atoms with van der Waals surface area (Å²) in [5, 5.41) is 13.4. The van der Waals surface area contributed by atoms with Gasteiger partial charge in [0.1, 0.15) is 0 Å².